The average molecular weight is 355 g/mol. The molecule has 2 aromatic carbocycles. The van der Waals surface area contributed by atoms with Crippen LogP contribution >= 0.6 is 11.6 Å². The van der Waals surface area contributed by atoms with Gasteiger partial charge in [-0.25, -0.2) is 0 Å². The largest absolute Gasteiger partial charge is 0.326 e. The van der Waals surface area contributed by atoms with E-state index in [4.69, 9.17) is 11.6 Å². The Hall–Kier alpha value is -2.33. The number of carbonyl (C=O) groups is 2. The van der Waals surface area contributed by atoms with E-state index >= 15 is 0 Å². The fourth-order valence-corrected chi connectivity index (χ4v) is 3.76. The second-order valence-corrected chi connectivity index (χ2v) is 7.06. The predicted octanol–water partition coefficient (Wildman–Crippen LogP) is 4.21. The molecule has 1 saturated carbocycles. The predicted molar refractivity (Wildman–Crippen MR) is 99.0 cm³/mol. The van der Waals surface area contributed by atoms with Crippen LogP contribution in [-0.4, -0.2) is 18.4 Å². The minimum Gasteiger partial charge on any atom is -0.326 e. The lowest BCUT2D eigenvalue weighted by atomic mass is 10.1. The number of benzene rings is 2. The third-order valence-electron chi connectivity index (χ3n) is 4.95. The summed E-state index contributed by atoms with van der Waals surface area (Å²) in [5.41, 5.74) is 2.69. The summed E-state index contributed by atoms with van der Waals surface area (Å²) in [6.45, 7) is 0.770. The molecule has 2 amide bonds. The lowest BCUT2D eigenvalue weighted by Crippen LogP contribution is -2.23. The van der Waals surface area contributed by atoms with Crippen LogP contribution in [0.5, 0.6) is 0 Å². The fourth-order valence-electron chi connectivity index (χ4n) is 3.49. The molecule has 2 aromatic rings. The van der Waals surface area contributed by atoms with Crippen LogP contribution in [0.15, 0.2) is 48.5 Å². The molecule has 1 saturated heterocycles. The molecule has 2 atom stereocenters. The maximum Gasteiger partial charge on any atom is 0.228 e. The first-order valence-electron chi connectivity index (χ1n) is 8.59. The third-order valence-corrected chi connectivity index (χ3v) is 5.30. The van der Waals surface area contributed by atoms with Gasteiger partial charge in [-0.2, -0.15) is 0 Å². The Kier molecular flexibility index (Phi) is 4.22. The Morgan fingerprint density at radius 1 is 1.12 bits per heavy atom. The maximum absolute atomic E-state index is 12.4. The van der Waals surface area contributed by atoms with Gasteiger partial charge in [0.25, 0.3) is 0 Å². The van der Waals surface area contributed by atoms with E-state index in [2.05, 4.69) is 5.32 Å². The van der Waals surface area contributed by atoms with Gasteiger partial charge in [-0.15, -0.1) is 0 Å². The molecule has 2 fully saturated rings. The maximum atomic E-state index is 12.4. The van der Waals surface area contributed by atoms with Crippen molar-refractivity contribution in [3.63, 3.8) is 0 Å². The van der Waals surface area contributed by atoms with Gasteiger partial charge < -0.3 is 10.2 Å². The summed E-state index contributed by atoms with van der Waals surface area (Å²) >= 11 is 6.22. The molecule has 1 N–H and O–H groups in total. The summed E-state index contributed by atoms with van der Waals surface area (Å²) in [6, 6.07) is 15.2. The van der Waals surface area contributed by atoms with E-state index in [9.17, 15) is 9.59 Å². The van der Waals surface area contributed by atoms with Gasteiger partial charge in [-0.1, -0.05) is 29.8 Å². The Bertz CT molecular complexity index is 819. The number of hydrogen-bond donors (Lipinski definition) is 1. The third kappa shape index (κ3) is 3.27. The molecule has 1 aliphatic carbocycles. The zero-order valence-electron chi connectivity index (χ0n) is 13.7. The molecule has 1 heterocycles. The van der Waals surface area contributed by atoms with Gasteiger partial charge in [0.15, 0.2) is 0 Å². The molecule has 4 nitrogen and oxygen atoms in total. The molecule has 0 bridgehead atoms. The zero-order chi connectivity index (χ0) is 17.4. The number of anilines is 2. The molecule has 0 spiro atoms. The van der Waals surface area contributed by atoms with Crippen LogP contribution in [0.2, 0.25) is 5.02 Å². The van der Waals surface area contributed by atoms with Crippen molar-refractivity contribution in [2.45, 2.75) is 25.2 Å². The molecular weight excluding hydrogens is 336 g/mol. The minimum atomic E-state index is -0.0280. The van der Waals surface area contributed by atoms with Gasteiger partial charge in [-0.3, -0.25) is 9.59 Å². The number of halogens is 1. The van der Waals surface area contributed by atoms with Crippen LogP contribution in [0.25, 0.3) is 0 Å². The minimum absolute atomic E-state index is 0.0231. The fraction of sp³-hybridized carbons (Fsp3) is 0.300. The number of hydrogen-bond acceptors (Lipinski definition) is 2. The average Bonchev–Trinajstić information content (AvgIpc) is 3.30. The van der Waals surface area contributed by atoms with Crippen molar-refractivity contribution in [1.29, 1.82) is 0 Å². The van der Waals surface area contributed by atoms with Gasteiger partial charge in [0.2, 0.25) is 11.8 Å². The van der Waals surface area contributed by atoms with E-state index < -0.39 is 0 Å². The highest BCUT2D eigenvalue weighted by molar-refractivity contribution is 6.31. The molecule has 4 rings (SSSR count). The van der Waals surface area contributed by atoms with Crippen molar-refractivity contribution in [3.05, 3.63) is 59.1 Å². The number of nitrogens with one attached hydrogen (secondary N) is 1. The molecule has 0 aromatic heterocycles. The molecule has 0 radical (unpaired) electrons. The molecule has 1 aliphatic heterocycles. The van der Waals surface area contributed by atoms with E-state index in [1.54, 1.807) is 4.90 Å². The molecule has 2 aliphatic rings. The number of carbonyl (C=O) groups excluding carboxylic acids is 2. The zero-order valence-corrected chi connectivity index (χ0v) is 14.5. The van der Waals surface area contributed by atoms with Crippen LogP contribution in [0.4, 0.5) is 11.4 Å². The lowest BCUT2D eigenvalue weighted by molar-refractivity contribution is -0.118. The highest BCUT2D eigenvalue weighted by atomic mass is 35.5. The van der Waals surface area contributed by atoms with E-state index in [0.29, 0.717) is 6.42 Å². The van der Waals surface area contributed by atoms with E-state index in [1.165, 1.54) is 0 Å². The molecular formula is C20H19ClN2O2. The monoisotopic (exact) mass is 354 g/mol. The van der Waals surface area contributed by atoms with Gasteiger partial charge in [0.1, 0.15) is 0 Å². The first-order chi connectivity index (χ1) is 12.1. The normalized spacial score (nSPS) is 22.1. The van der Waals surface area contributed by atoms with Crippen LogP contribution in [0.3, 0.4) is 0 Å². The quantitative estimate of drug-likeness (QED) is 0.894. The number of rotatable bonds is 4. The first-order valence-corrected chi connectivity index (χ1v) is 8.97. The van der Waals surface area contributed by atoms with Crippen molar-refractivity contribution in [3.8, 4) is 0 Å². The van der Waals surface area contributed by atoms with Crippen LogP contribution in [-0.2, 0) is 9.59 Å². The Balaban J connectivity index is 1.39. The second kappa shape index (κ2) is 6.52. The van der Waals surface area contributed by atoms with E-state index in [1.807, 2.05) is 48.5 Å². The second-order valence-electron chi connectivity index (χ2n) is 6.66. The summed E-state index contributed by atoms with van der Waals surface area (Å²) in [6.07, 6.45) is 2.35. The topological polar surface area (TPSA) is 49.4 Å². The van der Waals surface area contributed by atoms with Gasteiger partial charge in [0.05, 0.1) is 0 Å². The molecule has 128 valence electrons. The summed E-state index contributed by atoms with van der Waals surface area (Å²) in [5, 5.41) is 3.69. The smallest absolute Gasteiger partial charge is 0.228 e. The van der Waals surface area contributed by atoms with Crippen LogP contribution in [0, 0.1) is 5.92 Å². The van der Waals surface area contributed by atoms with Crippen molar-refractivity contribution in [1.82, 2.24) is 0 Å². The highest BCUT2D eigenvalue weighted by Crippen LogP contribution is 2.50. The van der Waals surface area contributed by atoms with Gasteiger partial charge in [0, 0.05) is 35.3 Å². The van der Waals surface area contributed by atoms with Gasteiger partial charge >= 0.3 is 0 Å². The van der Waals surface area contributed by atoms with Crippen molar-refractivity contribution in [2.24, 2.45) is 5.92 Å². The van der Waals surface area contributed by atoms with Crippen molar-refractivity contribution < 1.29 is 9.59 Å². The summed E-state index contributed by atoms with van der Waals surface area (Å²) < 4.78 is 0. The van der Waals surface area contributed by atoms with E-state index in [0.717, 1.165) is 41.3 Å². The first kappa shape index (κ1) is 16.2. The van der Waals surface area contributed by atoms with Crippen molar-refractivity contribution >= 4 is 34.8 Å². The molecule has 2 unspecified atom stereocenters. The number of amides is 2. The highest BCUT2D eigenvalue weighted by Gasteiger charge is 2.44. The molecule has 25 heavy (non-hydrogen) atoms. The number of nitrogens with zero attached hydrogens (tertiary/aromatic N) is 1. The summed E-state index contributed by atoms with van der Waals surface area (Å²) in [7, 11) is 0. The van der Waals surface area contributed by atoms with Crippen LogP contribution < -0.4 is 10.2 Å². The SMILES string of the molecule is O=C(Nc1ccc(N2CCCC2=O)cc1)C1CC1c1ccccc1Cl. The van der Waals surface area contributed by atoms with E-state index in [-0.39, 0.29) is 23.7 Å². The Morgan fingerprint density at radius 2 is 1.88 bits per heavy atom. The molecule has 5 heteroatoms. The Labute approximate surface area is 151 Å². The standard InChI is InChI=1S/C20H19ClN2O2/c21-18-5-2-1-4-15(18)16-12-17(16)20(25)22-13-7-9-14(10-8-13)23-11-3-6-19(23)24/h1-2,4-5,7-10,16-17H,3,6,11-12H2,(H,22,25). The lowest BCUT2D eigenvalue weighted by Gasteiger charge is -2.16. The summed E-state index contributed by atoms with van der Waals surface area (Å²) in [5.74, 6) is 0.363. The van der Waals surface area contributed by atoms with Crippen LogP contribution in [0.1, 0.15) is 30.7 Å². The van der Waals surface area contributed by atoms with Gasteiger partial charge in [-0.05, 0) is 54.7 Å². The Morgan fingerprint density at radius 3 is 2.56 bits per heavy atom. The van der Waals surface area contributed by atoms with Crippen molar-refractivity contribution in [2.75, 3.05) is 16.8 Å². The summed E-state index contributed by atoms with van der Waals surface area (Å²) in [4.78, 5) is 26.0.